The number of carbonyl (C=O) groups is 2. The molecule has 1 N–H and O–H groups in total. The summed E-state index contributed by atoms with van der Waals surface area (Å²) in [6.45, 7) is 2.00. The van der Waals surface area contributed by atoms with Crippen molar-refractivity contribution in [2.75, 3.05) is 18.4 Å². The standard InChI is InChI=1S/C23H20BrN3O2/c24-16-7-8-21-18(12-16)15(13-27(21)14-22(28)26-9-3-4-10-26)11-19-17-5-1-2-6-20(17)25-23(19)29/h1-2,5-8,11-13H,3-4,9-10,14H2,(H,25,29). The number of para-hydroxylation sites is 1. The van der Waals surface area contributed by atoms with E-state index in [1.807, 2.05) is 64.2 Å². The molecule has 3 aromatic rings. The number of hydrogen-bond acceptors (Lipinski definition) is 2. The van der Waals surface area contributed by atoms with Crippen molar-refractivity contribution in [3.05, 3.63) is 64.3 Å². The molecule has 1 saturated heterocycles. The summed E-state index contributed by atoms with van der Waals surface area (Å²) in [6.07, 6.45) is 6.06. The van der Waals surface area contributed by atoms with E-state index in [4.69, 9.17) is 0 Å². The zero-order chi connectivity index (χ0) is 20.0. The zero-order valence-corrected chi connectivity index (χ0v) is 17.4. The van der Waals surface area contributed by atoms with E-state index < -0.39 is 0 Å². The lowest BCUT2D eigenvalue weighted by Gasteiger charge is -2.16. The maximum atomic E-state index is 12.7. The zero-order valence-electron chi connectivity index (χ0n) is 15.8. The van der Waals surface area contributed by atoms with Crippen LogP contribution < -0.4 is 5.32 Å². The van der Waals surface area contributed by atoms with E-state index in [0.29, 0.717) is 12.1 Å². The maximum absolute atomic E-state index is 12.7. The van der Waals surface area contributed by atoms with E-state index in [-0.39, 0.29) is 11.8 Å². The first kappa shape index (κ1) is 18.2. The fourth-order valence-electron chi connectivity index (χ4n) is 4.19. The summed E-state index contributed by atoms with van der Waals surface area (Å²) < 4.78 is 2.96. The summed E-state index contributed by atoms with van der Waals surface area (Å²) in [6, 6.07) is 13.7. The number of nitrogens with zero attached hydrogens (tertiary/aromatic N) is 2. The lowest BCUT2D eigenvalue weighted by Crippen LogP contribution is -2.30. The molecule has 1 fully saturated rings. The van der Waals surface area contributed by atoms with Gasteiger partial charge in [0.25, 0.3) is 5.91 Å². The van der Waals surface area contributed by atoms with Gasteiger partial charge in [0.2, 0.25) is 5.91 Å². The number of fused-ring (bicyclic) bond motifs is 2. The molecule has 0 radical (unpaired) electrons. The predicted molar refractivity (Wildman–Crippen MR) is 118 cm³/mol. The molecule has 5 rings (SSSR count). The highest BCUT2D eigenvalue weighted by Gasteiger charge is 2.24. The van der Waals surface area contributed by atoms with E-state index in [9.17, 15) is 9.59 Å². The smallest absolute Gasteiger partial charge is 0.256 e. The third-order valence-electron chi connectivity index (χ3n) is 5.65. The van der Waals surface area contributed by atoms with Gasteiger partial charge in [-0.05, 0) is 43.2 Å². The molecule has 1 aromatic heterocycles. The highest BCUT2D eigenvalue weighted by molar-refractivity contribution is 9.10. The minimum Gasteiger partial charge on any atom is -0.341 e. The van der Waals surface area contributed by atoms with E-state index in [2.05, 4.69) is 21.2 Å². The number of aromatic nitrogens is 1. The van der Waals surface area contributed by atoms with E-state index in [1.165, 1.54) is 0 Å². The Hall–Kier alpha value is -2.86. The van der Waals surface area contributed by atoms with Gasteiger partial charge in [0.05, 0.1) is 0 Å². The van der Waals surface area contributed by atoms with Gasteiger partial charge in [0.15, 0.2) is 0 Å². The van der Waals surface area contributed by atoms with Gasteiger partial charge >= 0.3 is 0 Å². The van der Waals surface area contributed by atoms with Gasteiger partial charge in [-0.3, -0.25) is 9.59 Å². The highest BCUT2D eigenvalue weighted by atomic mass is 79.9. The molecule has 6 heteroatoms. The van der Waals surface area contributed by atoms with Crippen LogP contribution in [0.25, 0.3) is 22.6 Å². The van der Waals surface area contributed by atoms with Gasteiger partial charge < -0.3 is 14.8 Å². The van der Waals surface area contributed by atoms with E-state index in [1.54, 1.807) is 0 Å². The molecule has 2 aliphatic heterocycles. The van der Waals surface area contributed by atoms with Crippen LogP contribution in [0.3, 0.4) is 0 Å². The molecule has 0 atom stereocenters. The van der Waals surface area contributed by atoms with Gasteiger partial charge in [-0.2, -0.15) is 0 Å². The Labute approximate surface area is 177 Å². The first-order valence-corrected chi connectivity index (χ1v) is 10.6. The maximum Gasteiger partial charge on any atom is 0.256 e. The van der Waals surface area contributed by atoms with Crippen molar-refractivity contribution in [1.82, 2.24) is 9.47 Å². The Morgan fingerprint density at radius 2 is 1.93 bits per heavy atom. The minimum atomic E-state index is -0.102. The summed E-state index contributed by atoms with van der Waals surface area (Å²) in [5, 5.41) is 3.93. The average Bonchev–Trinajstić information content (AvgIpc) is 3.42. The third kappa shape index (κ3) is 3.27. The number of anilines is 1. The lowest BCUT2D eigenvalue weighted by atomic mass is 10.0. The topological polar surface area (TPSA) is 54.3 Å². The van der Waals surface area contributed by atoms with Gasteiger partial charge in [-0.25, -0.2) is 0 Å². The molecule has 2 aliphatic rings. The molecule has 5 nitrogen and oxygen atoms in total. The molecule has 0 unspecified atom stereocenters. The lowest BCUT2D eigenvalue weighted by molar-refractivity contribution is -0.130. The van der Waals surface area contributed by atoms with Crippen molar-refractivity contribution in [3.8, 4) is 0 Å². The summed E-state index contributed by atoms with van der Waals surface area (Å²) >= 11 is 3.55. The second kappa shape index (κ2) is 7.19. The van der Waals surface area contributed by atoms with Crippen LogP contribution in [0.15, 0.2) is 53.1 Å². The number of rotatable bonds is 3. The first-order valence-electron chi connectivity index (χ1n) is 9.79. The predicted octanol–water partition coefficient (Wildman–Crippen LogP) is 4.52. The fourth-order valence-corrected chi connectivity index (χ4v) is 4.55. The number of likely N-dealkylation sites (tertiary alicyclic amines) is 1. The van der Waals surface area contributed by atoms with Crippen molar-refractivity contribution in [1.29, 1.82) is 0 Å². The van der Waals surface area contributed by atoms with Crippen LogP contribution in [0.2, 0.25) is 0 Å². The molecule has 3 heterocycles. The Bertz CT molecular complexity index is 1170. The van der Waals surface area contributed by atoms with Crippen molar-refractivity contribution in [2.24, 2.45) is 0 Å². The van der Waals surface area contributed by atoms with Crippen molar-refractivity contribution >= 4 is 56.0 Å². The van der Waals surface area contributed by atoms with Crippen LogP contribution in [0, 0.1) is 0 Å². The van der Waals surface area contributed by atoms with Crippen molar-refractivity contribution in [2.45, 2.75) is 19.4 Å². The molecule has 0 bridgehead atoms. The number of nitrogens with one attached hydrogen (secondary N) is 1. The quantitative estimate of drug-likeness (QED) is 0.597. The van der Waals surface area contributed by atoms with Crippen molar-refractivity contribution in [3.63, 3.8) is 0 Å². The molecule has 2 aromatic carbocycles. The monoisotopic (exact) mass is 449 g/mol. The third-order valence-corrected chi connectivity index (χ3v) is 6.14. The number of halogens is 1. The Kier molecular flexibility index (Phi) is 4.51. The van der Waals surface area contributed by atoms with E-state index in [0.717, 1.165) is 58.1 Å². The summed E-state index contributed by atoms with van der Waals surface area (Å²) in [5.41, 5.74) is 4.29. The molecular weight excluding hydrogens is 430 g/mol. The van der Waals surface area contributed by atoms with Gasteiger partial charge in [-0.15, -0.1) is 0 Å². The number of carbonyl (C=O) groups excluding carboxylic acids is 2. The van der Waals surface area contributed by atoms with Crippen LogP contribution in [-0.4, -0.2) is 34.4 Å². The highest BCUT2D eigenvalue weighted by Crippen LogP contribution is 2.35. The minimum absolute atomic E-state index is 0.102. The van der Waals surface area contributed by atoms with Crippen LogP contribution in [-0.2, 0) is 16.1 Å². The Balaban J connectivity index is 1.58. The molecule has 0 saturated carbocycles. The van der Waals surface area contributed by atoms with Crippen molar-refractivity contribution < 1.29 is 9.59 Å². The first-order chi connectivity index (χ1) is 14.1. The SMILES string of the molecule is O=C1Nc2ccccc2C1=Cc1cn(CC(=O)N2CCCC2)c2ccc(Br)cc12. The Morgan fingerprint density at radius 1 is 1.14 bits per heavy atom. The Morgan fingerprint density at radius 3 is 2.76 bits per heavy atom. The average molecular weight is 450 g/mol. The van der Waals surface area contributed by atoms with Gasteiger partial charge in [0, 0.05) is 57.0 Å². The largest absolute Gasteiger partial charge is 0.341 e. The van der Waals surface area contributed by atoms with E-state index >= 15 is 0 Å². The van der Waals surface area contributed by atoms with Gasteiger partial charge in [-0.1, -0.05) is 34.1 Å². The summed E-state index contributed by atoms with van der Waals surface area (Å²) in [5.74, 6) is 0.0423. The van der Waals surface area contributed by atoms with Crippen LogP contribution in [0.4, 0.5) is 5.69 Å². The van der Waals surface area contributed by atoms with Crippen LogP contribution in [0.1, 0.15) is 24.0 Å². The molecule has 0 aliphatic carbocycles. The fraction of sp³-hybridized carbons (Fsp3) is 0.217. The van der Waals surface area contributed by atoms with Crippen LogP contribution >= 0.6 is 15.9 Å². The normalized spacial score (nSPS) is 17.2. The summed E-state index contributed by atoms with van der Waals surface area (Å²) in [4.78, 5) is 27.2. The molecule has 29 heavy (non-hydrogen) atoms. The molecule has 0 spiro atoms. The van der Waals surface area contributed by atoms with Crippen LogP contribution in [0.5, 0.6) is 0 Å². The van der Waals surface area contributed by atoms with Gasteiger partial charge in [0.1, 0.15) is 6.54 Å². The second-order valence-electron chi connectivity index (χ2n) is 7.52. The molecular formula is C23H20BrN3O2. The number of hydrogen-bond donors (Lipinski definition) is 1. The second-order valence-corrected chi connectivity index (χ2v) is 8.44. The number of amides is 2. The number of benzene rings is 2. The summed E-state index contributed by atoms with van der Waals surface area (Å²) in [7, 11) is 0. The molecule has 146 valence electrons. The molecule has 2 amide bonds.